The van der Waals surface area contributed by atoms with E-state index in [0.29, 0.717) is 12.5 Å². The van der Waals surface area contributed by atoms with Crippen LogP contribution in [0.2, 0.25) is 0 Å². The van der Waals surface area contributed by atoms with E-state index in [1.54, 1.807) is 0 Å². The van der Waals surface area contributed by atoms with Gasteiger partial charge in [-0.05, 0) is 44.1 Å². The minimum atomic E-state index is -1.55. The summed E-state index contributed by atoms with van der Waals surface area (Å²) in [6.45, 7) is 0.144. The molecule has 15 atom stereocenters. The Hall–Kier alpha value is -0.970. The Balaban J connectivity index is 1.46. The van der Waals surface area contributed by atoms with Crippen molar-refractivity contribution in [2.75, 3.05) is 26.2 Å². The molecule has 0 amide bonds. The third kappa shape index (κ3) is 8.29. The molecule has 2 aliphatic heterocycles. The van der Waals surface area contributed by atoms with Crippen LogP contribution in [0.25, 0.3) is 0 Å². The standard InChI is InChI=1S/C27H52N6O11/c28-6-17(37)15(35)4-11-3-13(30)25(23(40)24(11)43-27-22(39)20(32)21(38)19(9-34)42-27)44-26-14(31)5-16(36)18(41-26)8-33-7-10-1-12(29)2-10/h10-14,16-27,33-34,36-40H,1-9,28-32H2/t10?,11-,12?,13-,14+,16-,17-,18+,19+,20-,21+,22+,23+,24-,25+,26+,27+/m0/s1. The first kappa shape index (κ1) is 35.9. The first-order valence-electron chi connectivity index (χ1n) is 15.4. The van der Waals surface area contributed by atoms with Crippen molar-refractivity contribution in [1.29, 1.82) is 0 Å². The van der Waals surface area contributed by atoms with Crippen LogP contribution in [-0.2, 0) is 23.7 Å². The van der Waals surface area contributed by atoms with E-state index in [1.807, 2.05) is 0 Å². The molecule has 0 spiro atoms. The zero-order valence-corrected chi connectivity index (χ0v) is 24.8. The zero-order valence-electron chi connectivity index (χ0n) is 24.8. The van der Waals surface area contributed by atoms with Crippen molar-refractivity contribution < 1.29 is 54.4 Å². The van der Waals surface area contributed by atoms with Crippen LogP contribution >= 0.6 is 0 Å². The molecule has 2 saturated carbocycles. The molecule has 0 aromatic carbocycles. The Morgan fingerprint density at radius 3 is 2.14 bits per heavy atom. The minimum absolute atomic E-state index is 0.0788. The Morgan fingerprint density at radius 1 is 0.841 bits per heavy atom. The van der Waals surface area contributed by atoms with E-state index in [-0.39, 0.29) is 31.8 Å². The number of hydrogen-bond acceptors (Lipinski definition) is 17. The first-order valence-corrected chi connectivity index (χ1v) is 15.4. The monoisotopic (exact) mass is 636 g/mol. The maximum Gasteiger partial charge on any atom is 0.186 e. The molecule has 4 aliphatic rings. The van der Waals surface area contributed by atoms with Gasteiger partial charge in [-0.25, -0.2) is 0 Å². The quantitative estimate of drug-likeness (QED) is 0.0894. The van der Waals surface area contributed by atoms with Crippen LogP contribution < -0.4 is 34.0 Å². The highest BCUT2D eigenvalue weighted by molar-refractivity contribution is 5.83. The minimum Gasteiger partial charge on any atom is -0.394 e. The number of carbonyl (C=O) groups is 1. The lowest BCUT2D eigenvalue weighted by Gasteiger charge is -2.48. The molecule has 0 aromatic rings. The van der Waals surface area contributed by atoms with Crippen LogP contribution in [0.5, 0.6) is 0 Å². The molecule has 4 rings (SSSR count). The van der Waals surface area contributed by atoms with E-state index >= 15 is 0 Å². The van der Waals surface area contributed by atoms with Gasteiger partial charge in [-0.15, -0.1) is 0 Å². The number of aliphatic hydroxyl groups is 6. The molecule has 256 valence electrons. The number of ether oxygens (including phenoxy) is 4. The van der Waals surface area contributed by atoms with Gasteiger partial charge in [0, 0.05) is 31.6 Å². The highest BCUT2D eigenvalue weighted by atomic mass is 16.7. The van der Waals surface area contributed by atoms with Crippen LogP contribution in [0.1, 0.15) is 32.1 Å². The van der Waals surface area contributed by atoms with Gasteiger partial charge in [-0.2, -0.15) is 0 Å². The molecule has 4 fully saturated rings. The second kappa shape index (κ2) is 15.7. The highest BCUT2D eigenvalue weighted by Gasteiger charge is 2.51. The molecule has 17 N–H and O–H groups in total. The summed E-state index contributed by atoms with van der Waals surface area (Å²) >= 11 is 0. The summed E-state index contributed by atoms with van der Waals surface area (Å²) in [7, 11) is 0. The van der Waals surface area contributed by atoms with E-state index in [4.69, 9.17) is 47.6 Å². The number of nitrogens with one attached hydrogen (secondary N) is 1. The summed E-state index contributed by atoms with van der Waals surface area (Å²) in [4.78, 5) is 12.6. The normalized spacial score (nSPS) is 47.2. The number of aliphatic hydroxyl groups excluding tert-OH is 6. The van der Waals surface area contributed by atoms with Crippen LogP contribution in [0, 0.1) is 11.8 Å². The largest absolute Gasteiger partial charge is 0.394 e. The Bertz CT molecular complexity index is 920. The van der Waals surface area contributed by atoms with Gasteiger partial charge in [0.05, 0.1) is 37.0 Å². The van der Waals surface area contributed by atoms with Gasteiger partial charge in [0.2, 0.25) is 0 Å². The molecule has 2 saturated heterocycles. The van der Waals surface area contributed by atoms with Gasteiger partial charge in [-0.3, -0.25) is 4.79 Å². The summed E-state index contributed by atoms with van der Waals surface area (Å²) in [5.41, 5.74) is 30.0. The smallest absolute Gasteiger partial charge is 0.186 e. The van der Waals surface area contributed by atoms with Gasteiger partial charge in [0.25, 0.3) is 0 Å². The number of Topliss-reactive ketones (excluding diaryl/α,β-unsaturated/α-hetero) is 1. The van der Waals surface area contributed by atoms with Crippen molar-refractivity contribution in [2.45, 2.75) is 124 Å². The number of rotatable bonds is 13. The predicted octanol–water partition coefficient (Wildman–Crippen LogP) is -6.36. The number of carbonyl (C=O) groups excluding carboxylic acids is 1. The molecule has 0 bridgehead atoms. The summed E-state index contributed by atoms with van der Waals surface area (Å²) < 4.78 is 23.7. The second-order valence-electron chi connectivity index (χ2n) is 12.8. The second-order valence-corrected chi connectivity index (χ2v) is 12.8. The Morgan fingerprint density at radius 2 is 1.50 bits per heavy atom. The van der Waals surface area contributed by atoms with Gasteiger partial charge in [0.1, 0.15) is 36.6 Å². The van der Waals surface area contributed by atoms with Gasteiger partial charge in [-0.1, -0.05) is 0 Å². The topological polar surface area (TPSA) is 318 Å². The molecule has 0 unspecified atom stereocenters. The van der Waals surface area contributed by atoms with E-state index in [0.717, 1.165) is 19.4 Å². The lowest BCUT2D eigenvalue weighted by Crippen LogP contribution is -2.66. The van der Waals surface area contributed by atoms with Crippen molar-refractivity contribution in [3.05, 3.63) is 0 Å². The molecular formula is C27H52N6O11. The van der Waals surface area contributed by atoms with E-state index < -0.39 is 104 Å². The fourth-order valence-corrected chi connectivity index (χ4v) is 6.58. The van der Waals surface area contributed by atoms with Crippen molar-refractivity contribution in [3.8, 4) is 0 Å². The molecule has 2 heterocycles. The molecule has 17 nitrogen and oxygen atoms in total. The molecule has 2 aliphatic carbocycles. The lowest BCUT2D eigenvalue weighted by molar-refractivity contribution is -0.320. The molecule has 0 aromatic heterocycles. The average molecular weight is 637 g/mol. The third-order valence-electron chi connectivity index (χ3n) is 9.36. The molecule has 0 radical (unpaired) electrons. The SMILES string of the molecule is NC[C@H](O)C(=O)C[C@@H]1C[C@H](N)[C@@H](O[C@H]2O[C@H](CNCC3CC(N)C3)[C@@H](O)C[C@H]2N)[C@H](O)[C@H]1O[C@H]1O[C@H](CO)[C@@H](O)[C@H](N)[C@H]1O. The first-order chi connectivity index (χ1) is 20.8. The van der Waals surface area contributed by atoms with Crippen molar-refractivity contribution in [2.24, 2.45) is 40.5 Å². The predicted molar refractivity (Wildman–Crippen MR) is 153 cm³/mol. The van der Waals surface area contributed by atoms with E-state index in [9.17, 15) is 35.4 Å². The summed E-state index contributed by atoms with van der Waals surface area (Å²) in [5.74, 6) is -0.907. The third-order valence-corrected chi connectivity index (χ3v) is 9.36. The van der Waals surface area contributed by atoms with Crippen molar-refractivity contribution in [3.63, 3.8) is 0 Å². The summed E-state index contributed by atoms with van der Waals surface area (Å²) in [5, 5.41) is 66.0. The molecule has 44 heavy (non-hydrogen) atoms. The number of hydrogen-bond donors (Lipinski definition) is 12. The summed E-state index contributed by atoms with van der Waals surface area (Å²) in [6, 6.07) is -2.61. The van der Waals surface area contributed by atoms with Crippen molar-refractivity contribution in [1.82, 2.24) is 5.32 Å². The van der Waals surface area contributed by atoms with Crippen LogP contribution in [0.4, 0.5) is 0 Å². The van der Waals surface area contributed by atoms with Gasteiger partial charge >= 0.3 is 0 Å². The van der Waals surface area contributed by atoms with E-state index in [2.05, 4.69) is 5.32 Å². The molecular weight excluding hydrogens is 584 g/mol. The highest BCUT2D eigenvalue weighted by Crippen LogP contribution is 2.36. The Labute approximate surface area is 256 Å². The maximum atomic E-state index is 12.6. The lowest BCUT2D eigenvalue weighted by atomic mass is 9.76. The van der Waals surface area contributed by atoms with Gasteiger partial charge < -0.3 is 83.6 Å². The fourth-order valence-electron chi connectivity index (χ4n) is 6.58. The van der Waals surface area contributed by atoms with Crippen LogP contribution in [-0.4, -0.2) is 154 Å². The zero-order chi connectivity index (χ0) is 32.3. The van der Waals surface area contributed by atoms with E-state index in [1.165, 1.54) is 0 Å². The maximum absolute atomic E-state index is 12.6. The fraction of sp³-hybridized carbons (Fsp3) is 0.963. The average Bonchev–Trinajstić information content (AvgIpc) is 2.97. The van der Waals surface area contributed by atoms with Crippen LogP contribution in [0.15, 0.2) is 0 Å². The Kier molecular flexibility index (Phi) is 12.8. The van der Waals surface area contributed by atoms with Crippen LogP contribution in [0.3, 0.4) is 0 Å². The molecule has 17 heteroatoms. The summed E-state index contributed by atoms with van der Waals surface area (Å²) in [6.07, 6.45) is -11.6. The van der Waals surface area contributed by atoms with Crippen molar-refractivity contribution >= 4 is 5.78 Å². The van der Waals surface area contributed by atoms with Gasteiger partial charge in [0.15, 0.2) is 18.4 Å². The number of ketones is 1. The number of nitrogens with two attached hydrogens (primary N) is 5.